The summed E-state index contributed by atoms with van der Waals surface area (Å²) < 4.78 is 5.26. The van der Waals surface area contributed by atoms with Crippen molar-refractivity contribution < 1.29 is 4.74 Å². The lowest BCUT2D eigenvalue weighted by molar-refractivity contribution is 0.415. The summed E-state index contributed by atoms with van der Waals surface area (Å²) >= 11 is 1.61. The van der Waals surface area contributed by atoms with Crippen LogP contribution in [0.5, 0.6) is 5.75 Å². The van der Waals surface area contributed by atoms with Crippen molar-refractivity contribution in [2.24, 2.45) is 0 Å². The quantitative estimate of drug-likeness (QED) is 0.517. The zero-order valence-corrected chi connectivity index (χ0v) is 16.2. The van der Waals surface area contributed by atoms with Gasteiger partial charge in [-0.25, -0.2) is 15.0 Å². The van der Waals surface area contributed by atoms with Crippen LogP contribution in [0.25, 0.3) is 21.3 Å². The Morgan fingerprint density at radius 3 is 2.70 bits per heavy atom. The highest BCUT2D eigenvalue weighted by Gasteiger charge is 2.19. The number of nitrogens with zero attached hydrogens (tertiary/aromatic N) is 4. The van der Waals surface area contributed by atoms with Crippen molar-refractivity contribution in [2.75, 3.05) is 12.4 Å². The third-order valence-electron chi connectivity index (χ3n) is 4.42. The first-order chi connectivity index (χ1) is 13.2. The molecule has 4 aromatic rings. The molecular formula is C19H20N6OS. The first-order valence-electron chi connectivity index (χ1n) is 8.71. The van der Waals surface area contributed by atoms with E-state index in [1.807, 2.05) is 31.2 Å². The first-order valence-corrected chi connectivity index (χ1v) is 9.59. The molecule has 0 aliphatic rings. The number of benzene rings is 1. The molecule has 4 rings (SSSR count). The molecule has 2 N–H and O–H groups in total. The van der Waals surface area contributed by atoms with Gasteiger partial charge in [0.05, 0.1) is 18.5 Å². The van der Waals surface area contributed by atoms with Gasteiger partial charge in [0, 0.05) is 10.9 Å². The molecule has 7 nitrogen and oxygen atoms in total. The maximum Gasteiger partial charge on any atom is 0.172 e. The molecule has 0 aliphatic carbocycles. The smallest absolute Gasteiger partial charge is 0.172 e. The van der Waals surface area contributed by atoms with Gasteiger partial charge in [0.2, 0.25) is 0 Å². The lowest BCUT2D eigenvalue weighted by Gasteiger charge is -2.15. The molecule has 0 aliphatic heterocycles. The molecule has 0 saturated heterocycles. The fourth-order valence-electron chi connectivity index (χ4n) is 3.00. The van der Waals surface area contributed by atoms with Crippen LogP contribution in [0.15, 0.2) is 36.0 Å². The van der Waals surface area contributed by atoms with Gasteiger partial charge in [0.25, 0.3) is 0 Å². The number of thiophene rings is 1. The molecule has 1 unspecified atom stereocenters. The number of hydrogen-bond donors (Lipinski definition) is 2. The lowest BCUT2D eigenvalue weighted by Crippen LogP contribution is -2.13. The van der Waals surface area contributed by atoms with Crippen molar-refractivity contribution in [3.8, 4) is 16.9 Å². The van der Waals surface area contributed by atoms with Gasteiger partial charge in [-0.15, -0.1) is 11.3 Å². The summed E-state index contributed by atoms with van der Waals surface area (Å²) in [6.07, 6.45) is 2.43. The number of nitrogens with one attached hydrogen (secondary N) is 2. The average Bonchev–Trinajstić information content (AvgIpc) is 3.33. The van der Waals surface area contributed by atoms with Crippen molar-refractivity contribution in [2.45, 2.75) is 26.3 Å². The molecule has 27 heavy (non-hydrogen) atoms. The van der Waals surface area contributed by atoms with Crippen LogP contribution in [0, 0.1) is 6.92 Å². The number of ether oxygens (including phenoxy) is 1. The van der Waals surface area contributed by atoms with Gasteiger partial charge in [-0.1, -0.05) is 19.1 Å². The van der Waals surface area contributed by atoms with Crippen LogP contribution >= 0.6 is 11.3 Å². The Bertz CT molecular complexity index is 1060. The Labute approximate surface area is 160 Å². The van der Waals surface area contributed by atoms with Crippen molar-refractivity contribution >= 4 is 27.4 Å². The number of anilines is 1. The highest BCUT2D eigenvalue weighted by molar-refractivity contribution is 7.17. The molecule has 0 radical (unpaired) electrons. The minimum absolute atomic E-state index is 0.0309. The third-order valence-corrected chi connectivity index (χ3v) is 5.30. The Morgan fingerprint density at radius 2 is 2.04 bits per heavy atom. The minimum atomic E-state index is -0.0309. The molecule has 8 heteroatoms. The fourth-order valence-corrected chi connectivity index (χ4v) is 3.91. The zero-order valence-electron chi connectivity index (χ0n) is 15.4. The minimum Gasteiger partial charge on any atom is -0.497 e. The fraction of sp³-hybridized carbons (Fsp3) is 0.263. The number of H-pyrrole nitrogens is 1. The van der Waals surface area contributed by atoms with E-state index < -0.39 is 0 Å². The molecule has 1 atom stereocenters. The molecule has 3 aromatic heterocycles. The molecule has 0 saturated carbocycles. The van der Waals surface area contributed by atoms with Gasteiger partial charge in [-0.05, 0) is 31.0 Å². The van der Waals surface area contributed by atoms with Gasteiger partial charge >= 0.3 is 0 Å². The molecule has 0 spiro atoms. The van der Waals surface area contributed by atoms with E-state index in [1.54, 1.807) is 24.8 Å². The Morgan fingerprint density at radius 1 is 1.22 bits per heavy atom. The maximum absolute atomic E-state index is 5.26. The summed E-state index contributed by atoms with van der Waals surface area (Å²) in [5.41, 5.74) is 2.20. The zero-order chi connectivity index (χ0) is 18.8. The summed E-state index contributed by atoms with van der Waals surface area (Å²) in [5.74, 6) is 3.16. The number of methoxy groups -OCH3 is 1. The molecular weight excluding hydrogens is 360 g/mol. The molecule has 1 aromatic carbocycles. The van der Waals surface area contributed by atoms with Gasteiger partial charge < -0.3 is 10.1 Å². The van der Waals surface area contributed by atoms with E-state index >= 15 is 0 Å². The van der Waals surface area contributed by atoms with Crippen LogP contribution in [0.3, 0.4) is 0 Å². The van der Waals surface area contributed by atoms with E-state index in [4.69, 9.17) is 4.74 Å². The van der Waals surface area contributed by atoms with E-state index in [0.29, 0.717) is 0 Å². The number of rotatable bonds is 6. The first kappa shape index (κ1) is 17.4. The van der Waals surface area contributed by atoms with Gasteiger partial charge in [-0.2, -0.15) is 5.10 Å². The monoisotopic (exact) mass is 380 g/mol. The number of aryl methyl sites for hydroxylation is 1. The van der Waals surface area contributed by atoms with E-state index in [9.17, 15) is 0 Å². The highest BCUT2D eigenvalue weighted by Crippen LogP contribution is 2.38. The molecule has 0 bridgehead atoms. The summed E-state index contributed by atoms with van der Waals surface area (Å²) in [4.78, 5) is 14.4. The van der Waals surface area contributed by atoms with Crippen molar-refractivity contribution in [1.29, 1.82) is 0 Å². The second kappa shape index (κ2) is 7.32. The van der Waals surface area contributed by atoms with Crippen molar-refractivity contribution in [3.63, 3.8) is 0 Å². The third kappa shape index (κ3) is 3.35. The molecule has 0 fully saturated rings. The molecule has 3 heterocycles. The van der Waals surface area contributed by atoms with Crippen LogP contribution in [0.4, 0.5) is 5.82 Å². The number of aromatic nitrogens is 5. The van der Waals surface area contributed by atoms with Gasteiger partial charge in [0.1, 0.15) is 28.5 Å². The Kier molecular flexibility index (Phi) is 4.72. The molecule has 0 amide bonds. The summed E-state index contributed by atoms with van der Waals surface area (Å²) in [7, 11) is 1.67. The largest absolute Gasteiger partial charge is 0.497 e. The van der Waals surface area contributed by atoms with E-state index in [-0.39, 0.29) is 6.04 Å². The second-order valence-corrected chi connectivity index (χ2v) is 7.02. The lowest BCUT2D eigenvalue weighted by atomic mass is 10.1. The average molecular weight is 380 g/mol. The van der Waals surface area contributed by atoms with Gasteiger partial charge in [-0.3, -0.25) is 5.10 Å². The standard InChI is InChI=1S/C19H20N6OS/c1-4-15(17-22-11(2)24-25-17)23-18-16-14(9-27-19(16)21-10-20-18)12-5-7-13(26-3)8-6-12/h5-10,15H,4H2,1-3H3,(H,20,21,23)(H,22,24,25). The van der Waals surface area contributed by atoms with E-state index in [2.05, 4.69) is 42.8 Å². The van der Waals surface area contributed by atoms with E-state index in [1.165, 1.54) is 0 Å². The highest BCUT2D eigenvalue weighted by atomic mass is 32.1. The number of fused-ring (bicyclic) bond motifs is 1. The maximum atomic E-state index is 5.26. The van der Waals surface area contributed by atoms with Crippen LogP contribution in [0.2, 0.25) is 0 Å². The normalized spacial score (nSPS) is 12.3. The van der Waals surface area contributed by atoms with Crippen LogP contribution in [0.1, 0.15) is 31.0 Å². The topological polar surface area (TPSA) is 88.6 Å². The number of hydrogen-bond acceptors (Lipinski definition) is 7. The Balaban J connectivity index is 1.75. The van der Waals surface area contributed by atoms with Crippen LogP contribution in [-0.2, 0) is 0 Å². The summed E-state index contributed by atoms with van der Waals surface area (Å²) in [6.45, 7) is 3.99. The number of aromatic amines is 1. The predicted molar refractivity (Wildman–Crippen MR) is 107 cm³/mol. The van der Waals surface area contributed by atoms with Crippen molar-refractivity contribution in [1.82, 2.24) is 25.1 Å². The summed E-state index contributed by atoms with van der Waals surface area (Å²) in [6, 6.07) is 7.99. The van der Waals surface area contributed by atoms with E-state index in [0.717, 1.165) is 51.0 Å². The summed E-state index contributed by atoms with van der Waals surface area (Å²) in [5, 5.41) is 13.8. The van der Waals surface area contributed by atoms with Crippen LogP contribution in [-0.4, -0.2) is 32.3 Å². The van der Waals surface area contributed by atoms with Crippen molar-refractivity contribution in [3.05, 3.63) is 47.6 Å². The van der Waals surface area contributed by atoms with Gasteiger partial charge in [0.15, 0.2) is 5.82 Å². The SMILES string of the molecule is CCC(Nc1ncnc2scc(-c3ccc(OC)cc3)c12)c1n[nH]c(C)n1. The predicted octanol–water partition coefficient (Wildman–Crippen LogP) is 4.36. The van der Waals surface area contributed by atoms with Crippen LogP contribution < -0.4 is 10.1 Å². The molecule has 138 valence electrons. The second-order valence-electron chi connectivity index (χ2n) is 6.16. The Hall–Kier alpha value is -3.00.